The first-order valence-electron chi connectivity index (χ1n) is 10.5. The van der Waals surface area contributed by atoms with Gasteiger partial charge in [0.2, 0.25) is 0 Å². The molecule has 0 unspecified atom stereocenters. The predicted molar refractivity (Wildman–Crippen MR) is 132 cm³/mol. The van der Waals surface area contributed by atoms with Gasteiger partial charge in [0.05, 0.1) is 6.54 Å². The minimum absolute atomic E-state index is 0. The molecule has 0 amide bonds. The highest BCUT2D eigenvalue weighted by molar-refractivity contribution is 14.0. The van der Waals surface area contributed by atoms with Crippen molar-refractivity contribution in [3.8, 4) is 0 Å². The molecule has 6 heteroatoms. The number of guanidine groups is 1. The van der Waals surface area contributed by atoms with Crippen LogP contribution in [0.4, 0.5) is 0 Å². The fourth-order valence-electron chi connectivity index (χ4n) is 3.43. The van der Waals surface area contributed by atoms with Crippen LogP contribution in [-0.2, 0) is 5.41 Å². The van der Waals surface area contributed by atoms with E-state index in [9.17, 15) is 0 Å². The van der Waals surface area contributed by atoms with Crippen molar-refractivity contribution < 1.29 is 0 Å². The van der Waals surface area contributed by atoms with Gasteiger partial charge in [-0.3, -0.25) is 4.99 Å². The van der Waals surface area contributed by atoms with Gasteiger partial charge in [-0.1, -0.05) is 44.2 Å². The zero-order valence-electron chi connectivity index (χ0n) is 18.2. The summed E-state index contributed by atoms with van der Waals surface area (Å²) in [5, 5.41) is 6.89. The van der Waals surface area contributed by atoms with Crippen molar-refractivity contribution in [2.45, 2.75) is 39.0 Å². The van der Waals surface area contributed by atoms with Crippen molar-refractivity contribution in [3.05, 3.63) is 35.9 Å². The molecule has 5 nitrogen and oxygen atoms in total. The van der Waals surface area contributed by atoms with Crippen LogP contribution >= 0.6 is 24.0 Å². The molecule has 1 fully saturated rings. The Balaban J connectivity index is 0.00000392. The van der Waals surface area contributed by atoms with Crippen LogP contribution in [0.15, 0.2) is 35.3 Å². The molecule has 0 saturated carbocycles. The van der Waals surface area contributed by atoms with Crippen molar-refractivity contribution >= 4 is 29.9 Å². The van der Waals surface area contributed by atoms with Gasteiger partial charge in [-0.2, -0.15) is 0 Å². The van der Waals surface area contributed by atoms with Crippen LogP contribution in [0, 0.1) is 0 Å². The van der Waals surface area contributed by atoms with Gasteiger partial charge < -0.3 is 20.4 Å². The fourth-order valence-corrected chi connectivity index (χ4v) is 3.43. The molecule has 1 aromatic rings. The maximum absolute atomic E-state index is 4.84. The molecule has 28 heavy (non-hydrogen) atoms. The van der Waals surface area contributed by atoms with Crippen LogP contribution in [0.5, 0.6) is 0 Å². The van der Waals surface area contributed by atoms with Crippen molar-refractivity contribution in [2.24, 2.45) is 4.99 Å². The van der Waals surface area contributed by atoms with E-state index in [4.69, 9.17) is 4.99 Å². The standard InChI is InChI=1S/C22H39N5.HI/c1-5-23-21(25-19-22(2,3)20-11-7-6-8-12-20)24-13-9-15-27-16-10-14-26(4)17-18-27;/h6-8,11-12H,5,9-10,13-19H2,1-4H3,(H2,23,24,25);1H. The van der Waals surface area contributed by atoms with Gasteiger partial charge in [0, 0.05) is 31.6 Å². The van der Waals surface area contributed by atoms with E-state index >= 15 is 0 Å². The number of hydrogen-bond acceptors (Lipinski definition) is 3. The molecule has 1 aliphatic heterocycles. The summed E-state index contributed by atoms with van der Waals surface area (Å²) < 4.78 is 0. The number of benzene rings is 1. The molecule has 0 atom stereocenters. The minimum atomic E-state index is 0. The molecule has 160 valence electrons. The highest BCUT2D eigenvalue weighted by Gasteiger charge is 2.20. The molecule has 2 N–H and O–H groups in total. The van der Waals surface area contributed by atoms with E-state index in [0.717, 1.165) is 38.6 Å². The molecule has 1 heterocycles. The van der Waals surface area contributed by atoms with Gasteiger partial charge in [0.15, 0.2) is 5.96 Å². The topological polar surface area (TPSA) is 42.9 Å². The van der Waals surface area contributed by atoms with Crippen LogP contribution in [0.1, 0.15) is 39.2 Å². The van der Waals surface area contributed by atoms with Crippen LogP contribution < -0.4 is 10.6 Å². The second-order valence-electron chi connectivity index (χ2n) is 8.22. The maximum atomic E-state index is 4.84. The Kier molecular flexibility index (Phi) is 12.0. The molecule has 1 aliphatic rings. The van der Waals surface area contributed by atoms with Gasteiger partial charge in [-0.15, -0.1) is 24.0 Å². The predicted octanol–water partition coefficient (Wildman–Crippen LogP) is 3.16. The third-order valence-electron chi connectivity index (χ3n) is 5.29. The summed E-state index contributed by atoms with van der Waals surface area (Å²) in [7, 11) is 2.22. The average molecular weight is 502 g/mol. The summed E-state index contributed by atoms with van der Waals surface area (Å²) in [6.45, 7) is 15.2. The lowest BCUT2D eigenvalue weighted by atomic mass is 9.85. The third-order valence-corrected chi connectivity index (χ3v) is 5.29. The molecular weight excluding hydrogens is 461 g/mol. The Hall–Kier alpha value is -0.860. The number of rotatable bonds is 8. The SMILES string of the molecule is CCNC(=NCC(C)(C)c1ccccc1)NCCCN1CCCN(C)CC1.I. The molecule has 1 saturated heterocycles. The summed E-state index contributed by atoms with van der Waals surface area (Å²) in [6, 6.07) is 10.6. The number of aliphatic imine (C=N–C) groups is 1. The number of nitrogens with one attached hydrogen (secondary N) is 2. The normalized spacial score (nSPS) is 16.9. The van der Waals surface area contributed by atoms with Gasteiger partial charge in [-0.05, 0) is 52.0 Å². The van der Waals surface area contributed by atoms with E-state index in [1.807, 2.05) is 0 Å². The largest absolute Gasteiger partial charge is 0.357 e. The van der Waals surface area contributed by atoms with Crippen molar-refractivity contribution in [2.75, 3.05) is 59.4 Å². The lowest BCUT2D eigenvalue weighted by Crippen LogP contribution is -2.40. The summed E-state index contributed by atoms with van der Waals surface area (Å²) in [5.41, 5.74) is 1.36. The summed E-state index contributed by atoms with van der Waals surface area (Å²) >= 11 is 0. The van der Waals surface area contributed by atoms with Crippen LogP contribution in [0.3, 0.4) is 0 Å². The maximum Gasteiger partial charge on any atom is 0.191 e. The highest BCUT2D eigenvalue weighted by Crippen LogP contribution is 2.22. The minimum Gasteiger partial charge on any atom is -0.357 e. The molecule has 0 aromatic heterocycles. The lowest BCUT2D eigenvalue weighted by Gasteiger charge is -2.24. The zero-order chi connectivity index (χ0) is 19.5. The molecule has 0 bridgehead atoms. The smallest absolute Gasteiger partial charge is 0.191 e. The second-order valence-corrected chi connectivity index (χ2v) is 8.22. The zero-order valence-corrected chi connectivity index (χ0v) is 20.5. The summed E-state index contributed by atoms with van der Waals surface area (Å²) in [4.78, 5) is 9.87. The number of likely N-dealkylation sites (N-methyl/N-ethyl adjacent to an activating group) is 1. The van der Waals surface area contributed by atoms with Crippen molar-refractivity contribution in [3.63, 3.8) is 0 Å². The monoisotopic (exact) mass is 501 g/mol. The van der Waals surface area contributed by atoms with E-state index in [1.54, 1.807) is 0 Å². The number of halogens is 1. The summed E-state index contributed by atoms with van der Waals surface area (Å²) in [5.74, 6) is 0.928. The van der Waals surface area contributed by atoms with E-state index in [0.29, 0.717) is 0 Å². The Bertz CT molecular complexity index is 561. The van der Waals surface area contributed by atoms with E-state index < -0.39 is 0 Å². The quantitative estimate of drug-likeness (QED) is 0.249. The first kappa shape index (κ1) is 25.2. The van der Waals surface area contributed by atoms with E-state index in [-0.39, 0.29) is 29.4 Å². The van der Waals surface area contributed by atoms with E-state index in [1.165, 1.54) is 38.2 Å². The van der Waals surface area contributed by atoms with Gasteiger partial charge in [0.1, 0.15) is 0 Å². The van der Waals surface area contributed by atoms with Gasteiger partial charge in [0.25, 0.3) is 0 Å². The first-order valence-corrected chi connectivity index (χ1v) is 10.5. The second kappa shape index (κ2) is 13.4. The molecule has 0 spiro atoms. The summed E-state index contributed by atoms with van der Waals surface area (Å²) in [6.07, 6.45) is 2.43. The number of hydrogen-bond donors (Lipinski definition) is 2. The van der Waals surface area contributed by atoms with Gasteiger partial charge in [-0.25, -0.2) is 0 Å². The molecule has 2 rings (SSSR count). The third kappa shape index (κ3) is 9.09. The van der Waals surface area contributed by atoms with Gasteiger partial charge >= 0.3 is 0 Å². The van der Waals surface area contributed by atoms with Crippen LogP contribution in [-0.4, -0.2) is 75.2 Å². The Morgan fingerprint density at radius 3 is 2.54 bits per heavy atom. The van der Waals surface area contributed by atoms with Crippen LogP contribution in [0.25, 0.3) is 0 Å². The average Bonchev–Trinajstić information content (AvgIpc) is 2.88. The van der Waals surface area contributed by atoms with Crippen molar-refractivity contribution in [1.29, 1.82) is 0 Å². The van der Waals surface area contributed by atoms with E-state index in [2.05, 4.69) is 78.6 Å². The molecule has 0 radical (unpaired) electrons. The molecular formula is C22H40IN5. The number of nitrogens with zero attached hydrogens (tertiary/aromatic N) is 3. The molecule has 0 aliphatic carbocycles. The highest BCUT2D eigenvalue weighted by atomic mass is 127. The Morgan fingerprint density at radius 1 is 1.07 bits per heavy atom. The van der Waals surface area contributed by atoms with Crippen molar-refractivity contribution in [1.82, 2.24) is 20.4 Å². The Labute approximate surface area is 189 Å². The fraction of sp³-hybridized carbons (Fsp3) is 0.682. The van der Waals surface area contributed by atoms with Crippen LogP contribution in [0.2, 0.25) is 0 Å². The molecule has 1 aromatic carbocycles. The lowest BCUT2D eigenvalue weighted by molar-refractivity contribution is 0.274. The Morgan fingerprint density at radius 2 is 1.82 bits per heavy atom. The first-order chi connectivity index (χ1) is 13.0.